The van der Waals surface area contributed by atoms with Crippen LogP contribution in [0.3, 0.4) is 0 Å². The van der Waals surface area contributed by atoms with Crippen molar-refractivity contribution in [3.05, 3.63) is 28.2 Å². The van der Waals surface area contributed by atoms with Crippen LogP contribution in [0.15, 0.2) is 22.7 Å². The molecule has 0 aliphatic carbocycles. The second-order valence-electron chi connectivity index (χ2n) is 3.91. The molecule has 1 aromatic carbocycles. The van der Waals surface area contributed by atoms with E-state index in [0.717, 1.165) is 6.07 Å². The number of amides is 3. The molecule has 0 aliphatic rings. The lowest BCUT2D eigenvalue weighted by molar-refractivity contribution is -0.137. The van der Waals surface area contributed by atoms with Crippen LogP contribution >= 0.6 is 15.9 Å². The molecule has 5 nitrogen and oxygen atoms in total. The fourth-order valence-corrected chi connectivity index (χ4v) is 1.77. The van der Waals surface area contributed by atoms with E-state index in [1.54, 1.807) is 5.32 Å². The summed E-state index contributed by atoms with van der Waals surface area (Å²) in [6.45, 7) is 1.31. The Balaban J connectivity index is 2.98. The number of urea groups is 1. The number of carbonyl (C=O) groups is 2. The Labute approximate surface area is 120 Å². The largest absolute Gasteiger partial charge is 0.418 e. The fourth-order valence-electron chi connectivity index (χ4n) is 1.41. The lowest BCUT2D eigenvalue weighted by Crippen LogP contribution is -2.43. The van der Waals surface area contributed by atoms with E-state index in [2.05, 4.69) is 21.2 Å². The zero-order chi connectivity index (χ0) is 15.5. The van der Waals surface area contributed by atoms with Gasteiger partial charge in [-0.25, -0.2) is 4.79 Å². The van der Waals surface area contributed by atoms with Gasteiger partial charge in [0.1, 0.15) is 6.04 Å². The van der Waals surface area contributed by atoms with Gasteiger partial charge in [-0.3, -0.25) is 10.1 Å². The Morgan fingerprint density at radius 1 is 1.35 bits per heavy atom. The standard InChI is InChI=1S/C11H11BrF3N3O2/c1-5(9(19)18-10(16)20)17-8-3-2-6(12)4-7(8)11(13,14)15/h2-5,17H,1H3,(H3,16,18,19,20). The van der Waals surface area contributed by atoms with E-state index in [9.17, 15) is 22.8 Å². The highest BCUT2D eigenvalue weighted by atomic mass is 79.9. The molecule has 0 radical (unpaired) electrons. The van der Waals surface area contributed by atoms with Gasteiger partial charge in [0.25, 0.3) is 0 Å². The number of nitrogens with two attached hydrogens (primary N) is 1. The van der Waals surface area contributed by atoms with Gasteiger partial charge in [-0.2, -0.15) is 13.2 Å². The number of halogens is 4. The Kier molecular flexibility index (Phi) is 4.98. The molecule has 9 heteroatoms. The van der Waals surface area contributed by atoms with Crippen LogP contribution in [0.4, 0.5) is 23.7 Å². The average Bonchev–Trinajstić information content (AvgIpc) is 2.29. The van der Waals surface area contributed by atoms with Gasteiger partial charge in [0, 0.05) is 10.2 Å². The average molecular weight is 354 g/mol. The Morgan fingerprint density at radius 2 is 1.95 bits per heavy atom. The summed E-state index contributed by atoms with van der Waals surface area (Å²) in [4.78, 5) is 21.9. The van der Waals surface area contributed by atoms with E-state index < -0.39 is 29.7 Å². The van der Waals surface area contributed by atoms with E-state index in [4.69, 9.17) is 5.73 Å². The first-order chi connectivity index (χ1) is 9.11. The van der Waals surface area contributed by atoms with Crippen LogP contribution in [0.2, 0.25) is 0 Å². The minimum absolute atomic E-state index is 0.254. The van der Waals surface area contributed by atoms with Crippen LogP contribution < -0.4 is 16.4 Å². The van der Waals surface area contributed by atoms with Gasteiger partial charge < -0.3 is 11.1 Å². The van der Waals surface area contributed by atoms with Crippen molar-refractivity contribution in [2.45, 2.75) is 19.1 Å². The van der Waals surface area contributed by atoms with Gasteiger partial charge in [-0.05, 0) is 25.1 Å². The predicted molar refractivity (Wildman–Crippen MR) is 70.0 cm³/mol. The first-order valence-electron chi connectivity index (χ1n) is 5.35. The van der Waals surface area contributed by atoms with Crippen LogP contribution in [-0.2, 0) is 11.0 Å². The molecule has 0 heterocycles. The molecule has 4 N–H and O–H groups in total. The Morgan fingerprint density at radius 3 is 2.45 bits per heavy atom. The van der Waals surface area contributed by atoms with Gasteiger partial charge in [0.2, 0.25) is 5.91 Å². The van der Waals surface area contributed by atoms with Crippen LogP contribution in [0, 0.1) is 0 Å². The van der Waals surface area contributed by atoms with Gasteiger partial charge >= 0.3 is 12.2 Å². The van der Waals surface area contributed by atoms with Gasteiger partial charge in [-0.15, -0.1) is 0 Å². The maximum absolute atomic E-state index is 12.9. The third-order valence-electron chi connectivity index (χ3n) is 2.30. The molecule has 1 unspecified atom stereocenters. The van der Waals surface area contributed by atoms with Crippen molar-refractivity contribution in [2.24, 2.45) is 5.73 Å². The molecule has 0 spiro atoms. The maximum Gasteiger partial charge on any atom is 0.418 e. The SMILES string of the molecule is CC(Nc1ccc(Br)cc1C(F)(F)F)C(=O)NC(N)=O. The lowest BCUT2D eigenvalue weighted by Gasteiger charge is -2.18. The summed E-state index contributed by atoms with van der Waals surface area (Å²) < 4.78 is 38.8. The smallest absolute Gasteiger partial charge is 0.373 e. The van der Waals surface area contributed by atoms with Crippen molar-refractivity contribution < 1.29 is 22.8 Å². The molecule has 110 valence electrons. The number of benzene rings is 1. The van der Waals surface area contributed by atoms with E-state index in [1.165, 1.54) is 19.1 Å². The van der Waals surface area contributed by atoms with Crippen LogP contribution in [-0.4, -0.2) is 18.0 Å². The van der Waals surface area contributed by atoms with E-state index in [1.807, 2.05) is 0 Å². The quantitative estimate of drug-likeness (QED) is 0.780. The van der Waals surface area contributed by atoms with Crippen molar-refractivity contribution in [3.63, 3.8) is 0 Å². The maximum atomic E-state index is 12.9. The Bertz CT molecular complexity index is 534. The number of nitrogens with one attached hydrogen (secondary N) is 2. The zero-order valence-corrected chi connectivity index (χ0v) is 11.8. The summed E-state index contributed by atoms with van der Waals surface area (Å²) in [6.07, 6.45) is -4.58. The number of alkyl halides is 3. The van der Waals surface area contributed by atoms with Crippen LogP contribution in [0.25, 0.3) is 0 Å². The molecule has 0 bridgehead atoms. The minimum Gasteiger partial charge on any atom is -0.373 e. The molecule has 0 aliphatic heterocycles. The number of imide groups is 1. The molecule has 0 saturated carbocycles. The summed E-state index contributed by atoms with van der Waals surface area (Å²) in [7, 11) is 0. The van der Waals surface area contributed by atoms with E-state index >= 15 is 0 Å². The molecule has 1 atom stereocenters. The predicted octanol–water partition coefficient (Wildman–Crippen LogP) is 2.46. The van der Waals surface area contributed by atoms with Crippen molar-refractivity contribution in [2.75, 3.05) is 5.32 Å². The van der Waals surface area contributed by atoms with Gasteiger partial charge in [0.15, 0.2) is 0 Å². The van der Waals surface area contributed by atoms with Gasteiger partial charge in [0.05, 0.1) is 5.56 Å². The molecule has 20 heavy (non-hydrogen) atoms. The monoisotopic (exact) mass is 353 g/mol. The number of anilines is 1. The molecule has 0 aromatic heterocycles. The molecule has 0 saturated heterocycles. The van der Waals surface area contributed by atoms with Crippen molar-refractivity contribution in [1.82, 2.24) is 5.32 Å². The third kappa shape index (κ3) is 4.41. The molecular formula is C11H11BrF3N3O2. The number of hydrogen-bond donors (Lipinski definition) is 3. The van der Waals surface area contributed by atoms with Crippen molar-refractivity contribution in [1.29, 1.82) is 0 Å². The summed E-state index contributed by atoms with van der Waals surface area (Å²) in [6, 6.07) is 1.33. The number of primary amides is 1. The highest BCUT2D eigenvalue weighted by Gasteiger charge is 2.34. The normalized spacial score (nSPS) is 12.7. The third-order valence-corrected chi connectivity index (χ3v) is 2.79. The fraction of sp³-hybridized carbons (Fsp3) is 0.273. The van der Waals surface area contributed by atoms with Crippen LogP contribution in [0.5, 0.6) is 0 Å². The first-order valence-corrected chi connectivity index (χ1v) is 6.14. The molecule has 1 rings (SSSR count). The van der Waals surface area contributed by atoms with E-state index in [0.29, 0.717) is 0 Å². The zero-order valence-electron chi connectivity index (χ0n) is 10.2. The number of hydrogen-bond acceptors (Lipinski definition) is 3. The highest BCUT2D eigenvalue weighted by molar-refractivity contribution is 9.10. The number of carbonyl (C=O) groups excluding carboxylic acids is 2. The Hall–Kier alpha value is -1.77. The van der Waals surface area contributed by atoms with Gasteiger partial charge in [-0.1, -0.05) is 15.9 Å². The molecule has 1 aromatic rings. The molecule has 3 amide bonds. The second kappa shape index (κ2) is 6.12. The summed E-state index contributed by atoms with van der Waals surface area (Å²) >= 11 is 2.95. The van der Waals surface area contributed by atoms with Crippen molar-refractivity contribution >= 4 is 33.6 Å². The molecular weight excluding hydrogens is 343 g/mol. The minimum atomic E-state index is -4.58. The summed E-state index contributed by atoms with van der Waals surface area (Å²) in [5.41, 5.74) is 3.56. The molecule has 0 fully saturated rings. The van der Waals surface area contributed by atoms with Crippen molar-refractivity contribution in [3.8, 4) is 0 Å². The summed E-state index contributed by atoms with van der Waals surface area (Å²) in [5, 5.41) is 4.17. The first kappa shape index (κ1) is 16.3. The second-order valence-corrected chi connectivity index (χ2v) is 4.82. The highest BCUT2D eigenvalue weighted by Crippen LogP contribution is 2.36. The number of rotatable bonds is 3. The van der Waals surface area contributed by atoms with E-state index in [-0.39, 0.29) is 10.2 Å². The lowest BCUT2D eigenvalue weighted by atomic mass is 10.1. The van der Waals surface area contributed by atoms with Crippen LogP contribution in [0.1, 0.15) is 12.5 Å². The topological polar surface area (TPSA) is 84.2 Å². The summed E-state index contributed by atoms with van der Waals surface area (Å²) in [5.74, 6) is -0.825.